The standard InChI is InChI=1S/C30H34ClNO5/c1-17-15-24(26-18(2)19(3)29(34)37-25(26)16-17)36-20(4)28(33)32-14-13-30(35)12-6-5-7-23(30)27(32)21-8-10-22(31)11-9-21/h8-11,15-16,20,23,27,35H,5-7,12-14H2,1-4H3/t20-,23-,27-,30-/m0/s1. The van der Waals surface area contributed by atoms with Crippen LogP contribution < -0.4 is 10.4 Å². The van der Waals surface area contributed by atoms with Gasteiger partial charge in [-0.3, -0.25) is 4.79 Å². The lowest BCUT2D eigenvalue weighted by atomic mass is 9.66. The lowest BCUT2D eigenvalue weighted by Gasteiger charge is -2.53. The van der Waals surface area contributed by atoms with Gasteiger partial charge in [0.25, 0.3) is 5.91 Å². The summed E-state index contributed by atoms with van der Waals surface area (Å²) in [4.78, 5) is 28.1. The average Bonchev–Trinajstić information content (AvgIpc) is 2.86. The molecule has 1 saturated carbocycles. The smallest absolute Gasteiger partial charge is 0.339 e. The topological polar surface area (TPSA) is 80.0 Å². The summed E-state index contributed by atoms with van der Waals surface area (Å²) >= 11 is 6.17. The number of likely N-dealkylation sites (tertiary alicyclic amines) is 1. The number of hydrogen-bond acceptors (Lipinski definition) is 5. The van der Waals surface area contributed by atoms with Crippen LogP contribution in [0.25, 0.3) is 11.0 Å². The predicted molar refractivity (Wildman–Crippen MR) is 144 cm³/mol. The van der Waals surface area contributed by atoms with Crippen LogP contribution in [0.4, 0.5) is 0 Å². The van der Waals surface area contributed by atoms with Crippen molar-refractivity contribution in [3.05, 3.63) is 74.1 Å². The third kappa shape index (κ3) is 4.66. The molecule has 6 nitrogen and oxygen atoms in total. The maximum Gasteiger partial charge on any atom is 0.339 e. The molecule has 37 heavy (non-hydrogen) atoms. The van der Waals surface area contributed by atoms with Gasteiger partial charge in [0.2, 0.25) is 0 Å². The Morgan fingerprint density at radius 3 is 2.59 bits per heavy atom. The van der Waals surface area contributed by atoms with Crippen LogP contribution >= 0.6 is 11.6 Å². The Morgan fingerprint density at radius 2 is 1.86 bits per heavy atom. The van der Waals surface area contributed by atoms with E-state index in [1.165, 1.54) is 0 Å². The number of carbonyl (C=O) groups excluding carboxylic acids is 1. The van der Waals surface area contributed by atoms with Gasteiger partial charge in [0.05, 0.1) is 17.0 Å². The molecule has 0 radical (unpaired) electrons. The van der Waals surface area contributed by atoms with Gasteiger partial charge in [-0.05, 0) is 87.9 Å². The number of hydrogen-bond donors (Lipinski definition) is 1. The number of fused-ring (bicyclic) bond motifs is 2. The van der Waals surface area contributed by atoms with E-state index in [0.717, 1.165) is 42.4 Å². The maximum atomic E-state index is 14.0. The minimum Gasteiger partial charge on any atom is -0.480 e. The van der Waals surface area contributed by atoms with Gasteiger partial charge in [0.1, 0.15) is 11.3 Å². The van der Waals surface area contributed by atoms with Crippen LogP contribution in [-0.2, 0) is 4.79 Å². The zero-order valence-electron chi connectivity index (χ0n) is 21.8. The highest BCUT2D eigenvalue weighted by atomic mass is 35.5. The van der Waals surface area contributed by atoms with Crippen LogP contribution in [0.15, 0.2) is 45.6 Å². The van der Waals surface area contributed by atoms with Crippen molar-refractivity contribution >= 4 is 28.5 Å². The summed E-state index contributed by atoms with van der Waals surface area (Å²) in [7, 11) is 0. The van der Waals surface area contributed by atoms with Crippen LogP contribution in [0, 0.1) is 26.7 Å². The summed E-state index contributed by atoms with van der Waals surface area (Å²) in [5, 5.41) is 12.9. The number of carbonyl (C=O) groups is 1. The van der Waals surface area contributed by atoms with E-state index in [2.05, 4.69) is 0 Å². The Balaban J connectivity index is 1.50. The molecule has 1 saturated heterocycles. The largest absolute Gasteiger partial charge is 0.480 e. The minimum absolute atomic E-state index is 0.0497. The molecule has 5 rings (SSSR count). The third-order valence-corrected chi connectivity index (χ3v) is 8.62. The number of benzene rings is 2. The van der Waals surface area contributed by atoms with Crippen LogP contribution in [0.5, 0.6) is 5.75 Å². The molecule has 2 aliphatic rings. The molecule has 1 aliphatic heterocycles. The molecule has 2 aromatic carbocycles. The van der Waals surface area contributed by atoms with Crippen LogP contribution in [0.2, 0.25) is 5.02 Å². The van der Waals surface area contributed by atoms with Crippen molar-refractivity contribution in [2.45, 2.75) is 77.5 Å². The molecule has 196 valence electrons. The highest BCUT2D eigenvalue weighted by Crippen LogP contribution is 2.49. The first-order valence-electron chi connectivity index (χ1n) is 13.1. The average molecular weight is 524 g/mol. The normalized spacial score (nSPS) is 24.5. The number of amides is 1. The van der Waals surface area contributed by atoms with Gasteiger partial charge in [-0.25, -0.2) is 4.79 Å². The number of nitrogens with zero attached hydrogens (tertiary/aromatic N) is 1. The molecule has 7 heteroatoms. The van der Waals surface area contributed by atoms with Crippen molar-refractivity contribution in [3.63, 3.8) is 0 Å². The van der Waals surface area contributed by atoms with Gasteiger partial charge in [-0.1, -0.05) is 36.6 Å². The predicted octanol–water partition coefficient (Wildman–Crippen LogP) is 6.03. The van der Waals surface area contributed by atoms with E-state index in [9.17, 15) is 14.7 Å². The molecule has 2 fully saturated rings. The first kappa shape index (κ1) is 25.8. The zero-order chi connectivity index (χ0) is 26.5. The fraction of sp³-hybridized carbons (Fsp3) is 0.467. The summed E-state index contributed by atoms with van der Waals surface area (Å²) in [6.07, 6.45) is 3.43. The van der Waals surface area contributed by atoms with Crippen molar-refractivity contribution in [1.29, 1.82) is 0 Å². The summed E-state index contributed by atoms with van der Waals surface area (Å²) < 4.78 is 11.9. The Bertz CT molecular complexity index is 1400. The quantitative estimate of drug-likeness (QED) is 0.422. The monoisotopic (exact) mass is 523 g/mol. The summed E-state index contributed by atoms with van der Waals surface area (Å²) in [6.45, 7) is 7.72. The van der Waals surface area contributed by atoms with Gasteiger partial charge in [-0.2, -0.15) is 0 Å². The van der Waals surface area contributed by atoms with E-state index in [4.69, 9.17) is 20.8 Å². The van der Waals surface area contributed by atoms with Crippen LogP contribution in [0.1, 0.15) is 67.3 Å². The highest BCUT2D eigenvalue weighted by Gasteiger charge is 2.50. The molecule has 0 spiro atoms. The van der Waals surface area contributed by atoms with E-state index in [1.54, 1.807) is 13.8 Å². The number of aliphatic hydroxyl groups is 1. The van der Waals surface area contributed by atoms with Gasteiger partial charge in [0.15, 0.2) is 6.10 Å². The van der Waals surface area contributed by atoms with Crippen LogP contribution in [0.3, 0.4) is 0 Å². The van der Waals surface area contributed by atoms with E-state index in [0.29, 0.717) is 40.3 Å². The molecule has 3 aromatic rings. The lowest BCUT2D eigenvalue weighted by Crippen LogP contribution is -2.58. The molecule has 2 heterocycles. The van der Waals surface area contributed by atoms with Gasteiger partial charge in [-0.15, -0.1) is 0 Å². The number of aryl methyl sites for hydroxylation is 2. The van der Waals surface area contributed by atoms with E-state index >= 15 is 0 Å². The fourth-order valence-corrected chi connectivity index (χ4v) is 6.38. The second kappa shape index (κ2) is 9.80. The van der Waals surface area contributed by atoms with E-state index in [-0.39, 0.29) is 23.5 Å². The van der Waals surface area contributed by atoms with Gasteiger partial charge >= 0.3 is 5.63 Å². The Kier molecular flexibility index (Phi) is 6.84. The first-order chi connectivity index (χ1) is 17.6. The molecule has 0 bridgehead atoms. The van der Waals surface area contributed by atoms with Crippen molar-refractivity contribution in [2.24, 2.45) is 5.92 Å². The Hall–Kier alpha value is -2.83. The minimum atomic E-state index is -0.777. The van der Waals surface area contributed by atoms with E-state index < -0.39 is 11.7 Å². The molecule has 4 atom stereocenters. The number of piperidine rings is 1. The van der Waals surface area contributed by atoms with Crippen LogP contribution in [-0.4, -0.2) is 34.2 Å². The molecule has 1 N–H and O–H groups in total. The van der Waals surface area contributed by atoms with Crippen molar-refractivity contribution in [3.8, 4) is 5.75 Å². The number of rotatable bonds is 4. The van der Waals surface area contributed by atoms with Crippen molar-refractivity contribution in [1.82, 2.24) is 4.90 Å². The molecule has 1 aromatic heterocycles. The third-order valence-electron chi connectivity index (χ3n) is 8.37. The van der Waals surface area contributed by atoms with E-state index in [1.807, 2.05) is 55.1 Å². The second-order valence-corrected chi connectivity index (χ2v) is 11.2. The van der Waals surface area contributed by atoms with Gasteiger partial charge < -0.3 is 19.2 Å². The number of ether oxygens (including phenoxy) is 1. The first-order valence-corrected chi connectivity index (χ1v) is 13.5. The Morgan fingerprint density at radius 1 is 1.14 bits per heavy atom. The molecular weight excluding hydrogens is 490 g/mol. The SMILES string of the molecule is Cc1cc(O[C@@H](C)C(=O)N2CC[C@@]3(O)CCCC[C@H]3[C@@H]2c2ccc(Cl)cc2)c2c(C)c(C)c(=O)oc2c1. The maximum absolute atomic E-state index is 14.0. The van der Waals surface area contributed by atoms with Crippen molar-refractivity contribution < 1.29 is 19.1 Å². The summed E-state index contributed by atoms with van der Waals surface area (Å²) in [5.74, 6) is 0.342. The Labute approximate surface area is 222 Å². The molecule has 1 aliphatic carbocycles. The summed E-state index contributed by atoms with van der Waals surface area (Å²) in [5.41, 5.74) is 2.46. The second-order valence-electron chi connectivity index (χ2n) is 10.8. The molecule has 1 amide bonds. The highest BCUT2D eigenvalue weighted by molar-refractivity contribution is 6.30. The number of halogens is 1. The van der Waals surface area contributed by atoms with Crippen molar-refractivity contribution in [2.75, 3.05) is 6.54 Å². The molecular formula is C30H34ClNO5. The zero-order valence-corrected chi connectivity index (χ0v) is 22.6. The van der Waals surface area contributed by atoms with Gasteiger partial charge in [0, 0.05) is 23.0 Å². The molecule has 0 unspecified atom stereocenters. The lowest BCUT2D eigenvalue weighted by molar-refractivity contribution is -0.161. The fourth-order valence-electron chi connectivity index (χ4n) is 6.26. The summed E-state index contributed by atoms with van der Waals surface area (Å²) in [6, 6.07) is 11.0.